The number of nitro groups is 1. The lowest BCUT2D eigenvalue weighted by Gasteiger charge is -2.06. The van der Waals surface area contributed by atoms with E-state index in [-0.39, 0.29) is 4.90 Å². The van der Waals surface area contributed by atoms with Gasteiger partial charge in [0.1, 0.15) is 27.7 Å². The minimum atomic E-state index is -1.79. The minimum Gasteiger partial charge on any atom is -0.495 e. The van der Waals surface area contributed by atoms with Crippen molar-refractivity contribution in [2.75, 3.05) is 13.0 Å². The number of furan rings is 1. The third-order valence-electron chi connectivity index (χ3n) is 3.13. The van der Waals surface area contributed by atoms with Gasteiger partial charge in [-0.3, -0.25) is 10.1 Å². The zero-order valence-corrected chi connectivity index (χ0v) is 11.9. The van der Waals surface area contributed by atoms with Gasteiger partial charge in [-0.15, -0.1) is 0 Å². The van der Waals surface area contributed by atoms with Crippen LogP contribution < -0.4 is 4.74 Å². The first kappa shape index (κ1) is 13.6. The van der Waals surface area contributed by atoms with E-state index in [1.807, 2.05) is 24.3 Å². The molecule has 0 N–H and O–H groups in total. The van der Waals surface area contributed by atoms with Crippen LogP contribution in [0.3, 0.4) is 0 Å². The number of hydrogen-bond acceptors (Lipinski definition) is 5. The van der Waals surface area contributed by atoms with E-state index in [1.165, 1.54) is 7.11 Å². The molecule has 1 heterocycles. The quantitative estimate of drug-likeness (QED) is 0.546. The number of para-hydroxylation sites is 1. The third-order valence-corrected chi connectivity index (χ3v) is 4.39. The van der Waals surface area contributed by atoms with E-state index in [0.29, 0.717) is 16.9 Å². The molecule has 2 aromatic carbocycles. The Morgan fingerprint density at radius 1 is 1.24 bits per heavy atom. The fraction of sp³-hybridized carbons (Fsp3) is 0.143. The summed E-state index contributed by atoms with van der Waals surface area (Å²) in [4.78, 5) is 10.2. The van der Waals surface area contributed by atoms with Gasteiger partial charge < -0.3 is 9.15 Å². The molecule has 0 aliphatic rings. The highest BCUT2D eigenvalue weighted by atomic mass is 32.2. The SMILES string of the molecule is COc1cc2c(cc1S(=O)C[N+](=O)[O-])oc1ccccc12. The highest BCUT2D eigenvalue weighted by Gasteiger charge is 2.19. The third kappa shape index (κ3) is 2.36. The van der Waals surface area contributed by atoms with Gasteiger partial charge in [-0.1, -0.05) is 18.2 Å². The highest BCUT2D eigenvalue weighted by molar-refractivity contribution is 7.85. The summed E-state index contributed by atoms with van der Waals surface area (Å²) >= 11 is 0. The first-order chi connectivity index (χ1) is 10.1. The second kappa shape index (κ2) is 5.17. The first-order valence-electron chi connectivity index (χ1n) is 6.09. The largest absolute Gasteiger partial charge is 0.495 e. The average Bonchev–Trinajstić information content (AvgIpc) is 2.82. The summed E-state index contributed by atoms with van der Waals surface area (Å²) < 4.78 is 22.9. The van der Waals surface area contributed by atoms with Gasteiger partial charge in [0.2, 0.25) is 0 Å². The summed E-state index contributed by atoms with van der Waals surface area (Å²) in [6.07, 6.45) is 0. The Balaban J connectivity index is 2.23. The smallest absolute Gasteiger partial charge is 0.281 e. The molecule has 0 aliphatic heterocycles. The maximum Gasteiger partial charge on any atom is 0.281 e. The van der Waals surface area contributed by atoms with Crippen molar-refractivity contribution < 1.29 is 18.3 Å². The zero-order chi connectivity index (χ0) is 15.0. The maximum absolute atomic E-state index is 12.0. The fourth-order valence-electron chi connectivity index (χ4n) is 2.24. The topological polar surface area (TPSA) is 82.6 Å². The standard InChI is InChI=1S/C14H11NO5S/c1-19-13-6-10-9-4-2-3-5-11(9)20-12(10)7-14(13)21(18)8-15(16)17/h2-7H,8H2,1H3. The van der Waals surface area contributed by atoms with Crippen molar-refractivity contribution in [2.24, 2.45) is 0 Å². The Labute approximate surface area is 121 Å². The number of fused-ring (bicyclic) bond motifs is 3. The molecular weight excluding hydrogens is 294 g/mol. The number of hydrogen-bond donors (Lipinski definition) is 0. The van der Waals surface area contributed by atoms with Gasteiger partial charge in [-0.25, -0.2) is 4.21 Å². The molecule has 7 heteroatoms. The molecule has 3 rings (SSSR count). The van der Waals surface area contributed by atoms with Crippen molar-refractivity contribution in [1.82, 2.24) is 0 Å². The van der Waals surface area contributed by atoms with Gasteiger partial charge in [0.05, 0.1) is 12.0 Å². The van der Waals surface area contributed by atoms with Gasteiger partial charge in [-0.05, 0) is 12.1 Å². The number of methoxy groups -OCH3 is 1. The van der Waals surface area contributed by atoms with Crippen LogP contribution in [-0.2, 0) is 10.8 Å². The molecule has 0 saturated carbocycles. The molecule has 6 nitrogen and oxygen atoms in total. The lowest BCUT2D eigenvalue weighted by molar-refractivity contribution is -0.457. The van der Waals surface area contributed by atoms with Crippen molar-refractivity contribution in [3.63, 3.8) is 0 Å². The zero-order valence-electron chi connectivity index (χ0n) is 11.1. The second-order valence-electron chi connectivity index (χ2n) is 4.40. The van der Waals surface area contributed by atoms with Crippen molar-refractivity contribution in [3.8, 4) is 5.75 Å². The fourth-order valence-corrected chi connectivity index (χ4v) is 3.17. The summed E-state index contributed by atoms with van der Waals surface area (Å²) in [6, 6.07) is 10.7. The van der Waals surface area contributed by atoms with Gasteiger partial charge in [0.25, 0.3) is 5.88 Å². The molecule has 0 saturated heterocycles. The van der Waals surface area contributed by atoms with Crippen LogP contribution in [0.15, 0.2) is 45.7 Å². The van der Waals surface area contributed by atoms with Crippen LogP contribution in [0, 0.1) is 10.1 Å². The molecule has 1 aromatic heterocycles. The Bertz CT molecular complexity index is 870. The van der Waals surface area contributed by atoms with E-state index in [2.05, 4.69) is 0 Å². The van der Waals surface area contributed by atoms with Crippen LogP contribution in [0.5, 0.6) is 5.75 Å². The van der Waals surface area contributed by atoms with E-state index < -0.39 is 21.6 Å². The molecule has 0 bridgehead atoms. The lowest BCUT2D eigenvalue weighted by atomic mass is 10.1. The van der Waals surface area contributed by atoms with Gasteiger partial charge in [0, 0.05) is 21.8 Å². The van der Waals surface area contributed by atoms with Gasteiger partial charge in [-0.2, -0.15) is 0 Å². The van der Waals surface area contributed by atoms with Crippen LogP contribution in [0.25, 0.3) is 21.9 Å². The normalized spacial score (nSPS) is 12.6. The number of benzene rings is 2. The molecule has 0 fully saturated rings. The lowest BCUT2D eigenvalue weighted by Crippen LogP contribution is -2.09. The highest BCUT2D eigenvalue weighted by Crippen LogP contribution is 2.35. The second-order valence-corrected chi connectivity index (χ2v) is 5.79. The number of nitrogens with zero attached hydrogens (tertiary/aromatic N) is 1. The first-order valence-corrected chi connectivity index (χ1v) is 7.41. The van der Waals surface area contributed by atoms with E-state index in [0.717, 1.165) is 10.8 Å². The summed E-state index contributed by atoms with van der Waals surface area (Å²) in [5, 5.41) is 12.3. The molecule has 1 atom stereocenters. The van der Waals surface area contributed by atoms with Crippen molar-refractivity contribution >= 4 is 32.7 Å². The molecule has 0 radical (unpaired) electrons. The van der Waals surface area contributed by atoms with Gasteiger partial charge in [0.15, 0.2) is 0 Å². The van der Waals surface area contributed by atoms with E-state index in [4.69, 9.17) is 9.15 Å². The summed E-state index contributed by atoms with van der Waals surface area (Å²) in [5.41, 5.74) is 1.23. The Kier molecular flexibility index (Phi) is 3.34. The summed E-state index contributed by atoms with van der Waals surface area (Å²) in [7, 11) is -0.346. The minimum absolute atomic E-state index is 0.265. The molecule has 0 spiro atoms. The van der Waals surface area contributed by atoms with Crippen molar-refractivity contribution in [3.05, 3.63) is 46.5 Å². The summed E-state index contributed by atoms with van der Waals surface area (Å²) in [6.45, 7) is 0. The predicted octanol–water partition coefficient (Wildman–Crippen LogP) is 2.94. The Morgan fingerprint density at radius 3 is 2.71 bits per heavy atom. The number of ether oxygens (including phenoxy) is 1. The molecule has 3 aromatic rings. The molecular formula is C14H11NO5S. The van der Waals surface area contributed by atoms with Crippen molar-refractivity contribution in [2.45, 2.75) is 4.90 Å². The van der Waals surface area contributed by atoms with Gasteiger partial charge >= 0.3 is 0 Å². The Hall–Kier alpha value is -2.41. The van der Waals surface area contributed by atoms with Crippen LogP contribution in [0.1, 0.15) is 0 Å². The maximum atomic E-state index is 12.0. The van der Waals surface area contributed by atoms with Crippen LogP contribution in [0.4, 0.5) is 0 Å². The summed E-state index contributed by atoms with van der Waals surface area (Å²) in [5.74, 6) is -0.309. The molecule has 0 aliphatic carbocycles. The van der Waals surface area contributed by atoms with E-state index in [1.54, 1.807) is 12.1 Å². The molecule has 108 valence electrons. The van der Waals surface area contributed by atoms with Crippen LogP contribution in [0.2, 0.25) is 0 Å². The van der Waals surface area contributed by atoms with E-state index >= 15 is 0 Å². The van der Waals surface area contributed by atoms with Crippen LogP contribution >= 0.6 is 0 Å². The predicted molar refractivity (Wildman–Crippen MR) is 78.5 cm³/mol. The number of rotatable bonds is 4. The average molecular weight is 305 g/mol. The van der Waals surface area contributed by atoms with Crippen LogP contribution in [-0.4, -0.2) is 22.1 Å². The van der Waals surface area contributed by atoms with E-state index in [9.17, 15) is 14.3 Å². The molecule has 21 heavy (non-hydrogen) atoms. The monoisotopic (exact) mass is 305 g/mol. The molecule has 1 unspecified atom stereocenters. The van der Waals surface area contributed by atoms with Crippen molar-refractivity contribution in [1.29, 1.82) is 0 Å². The molecule has 0 amide bonds. The Morgan fingerprint density at radius 2 is 2.00 bits per heavy atom.